The highest BCUT2D eigenvalue weighted by atomic mass is 32.1. The molecule has 1 amide bonds. The topological polar surface area (TPSA) is 29.5 Å². The molecule has 0 atom stereocenters. The van der Waals surface area contributed by atoms with Gasteiger partial charge in [-0.25, -0.2) is 0 Å². The normalized spacial score (nSPS) is 15.6. The molecule has 2 aromatic rings. The van der Waals surface area contributed by atoms with Crippen LogP contribution in [0.2, 0.25) is 0 Å². The van der Waals surface area contributed by atoms with E-state index in [0.29, 0.717) is 0 Å². The second-order valence-electron chi connectivity index (χ2n) is 6.10. The molecular weight excluding hydrogens is 306 g/mol. The zero-order chi connectivity index (χ0) is 16.1. The fourth-order valence-corrected chi connectivity index (χ4v) is 3.83. The van der Waals surface area contributed by atoms with Gasteiger partial charge in [-0.15, -0.1) is 11.3 Å². The van der Waals surface area contributed by atoms with Crippen LogP contribution < -0.4 is 4.74 Å². The van der Waals surface area contributed by atoms with Gasteiger partial charge in [0.05, 0.1) is 12.0 Å². The minimum Gasteiger partial charge on any atom is -0.497 e. The van der Waals surface area contributed by atoms with E-state index in [1.807, 2.05) is 34.5 Å². The molecule has 1 aliphatic rings. The van der Waals surface area contributed by atoms with Crippen molar-refractivity contribution in [1.82, 2.24) is 4.90 Å². The maximum Gasteiger partial charge on any atom is 0.263 e. The first-order chi connectivity index (χ1) is 11.3. The lowest BCUT2D eigenvalue weighted by molar-refractivity contribution is 0.0692. The number of methoxy groups -OCH3 is 1. The summed E-state index contributed by atoms with van der Waals surface area (Å²) in [5.74, 6) is 1.84. The van der Waals surface area contributed by atoms with Crippen LogP contribution in [0.25, 0.3) is 0 Å². The molecule has 0 aliphatic carbocycles. The number of hydrogen-bond donors (Lipinski definition) is 0. The first-order valence-corrected chi connectivity index (χ1v) is 9.10. The van der Waals surface area contributed by atoms with Gasteiger partial charge in [-0.05, 0) is 60.7 Å². The second-order valence-corrected chi connectivity index (χ2v) is 7.05. The lowest BCUT2D eigenvalue weighted by atomic mass is 9.90. The highest BCUT2D eigenvalue weighted by molar-refractivity contribution is 7.12. The number of aryl methyl sites for hydroxylation is 1. The molecule has 3 rings (SSSR count). The molecule has 2 heterocycles. The smallest absolute Gasteiger partial charge is 0.263 e. The molecule has 1 fully saturated rings. The van der Waals surface area contributed by atoms with Gasteiger partial charge in [0.1, 0.15) is 5.75 Å². The van der Waals surface area contributed by atoms with Crippen molar-refractivity contribution in [1.29, 1.82) is 0 Å². The fourth-order valence-electron chi connectivity index (χ4n) is 3.14. The first kappa shape index (κ1) is 16.1. The Morgan fingerprint density at radius 3 is 2.57 bits per heavy atom. The van der Waals surface area contributed by atoms with Gasteiger partial charge in [-0.1, -0.05) is 18.2 Å². The predicted molar refractivity (Wildman–Crippen MR) is 94.3 cm³/mol. The lowest BCUT2D eigenvalue weighted by Gasteiger charge is -2.31. The SMILES string of the molecule is COc1ccc(CCC2CCN(C(=O)c3cccs3)CC2)cc1. The number of amides is 1. The molecule has 1 aromatic carbocycles. The molecule has 0 saturated carbocycles. The van der Waals surface area contributed by atoms with Crippen molar-refractivity contribution in [3.63, 3.8) is 0 Å². The number of piperidine rings is 1. The highest BCUT2D eigenvalue weighted by Gasteiger charge is 2.23. The molecule has 1 aromatic heterocycles. The lowest BCUT2D eigenvalue weighted by Crippen LogP contribution is -2.38. The Balaban J connectivity index is 1.44. The summed E-state index contributed by atoms with van der Waals surface area (Å²) in [7, 11) is 1.69. The van der Waals surface area contributed by atoms with E-state index in [1.165, 1.54) is 23.3 Å². The maximum absolute atomic E-state index is 12.3. The molecule has 122 valence electrons. The van der Waals surface area contributed by atoms with E-state index in [0.717, 1.165) is 48.9 Å². The van der Waals surface area contributed by atoms with Crippen LogP contribution >= 0.6 is 11.3 Å². The van der Waals surface area contributed by atoms with Gasteiger partial charge in [-0.2, -0.15) is 0 Å². The van der Waals surface area contributed by atoms with E-state index in [9.17, 15) is 4.79 Å². The molecule has 4 heteroatoms. The van der Waals surface area contributed by atoms with Crippen molar-refractivity contribution in [3.05, 3.63) is 52.2 Å². The fraction of sp³-hybridized carbons (Fsp3) is 0.421. The van der Waals surface area contributed by atoms with Gasteiger partial charge < -0.3 is 9.64 Å². The van der Waals surface area contributed by atoms with E-state index < -0.39 is 0 Å². The van der Waals surface area contributed by atoms with E-state index in [1.54, 1.807) is 7.11 Å². The summed E-state index contributed by atoms with van der Waals surface area (Å²) in [6.45, 7) is 1.79. The van der Waals surface area contributed by atoms with Crippen LogP contribution in [0.15, 0.2) is 41.8 Å². The Hall–Kier alpha value is -1.81. The molecule has 23 heavy (non-hydrogen) atoms. The molecule has 0 unspecified atom stereocenters. The van der Waals surface area contributed by atoms with Gasteiger partial charge >= 0.3 is 0 Å². The molecule has 0 N–H and O–H groups in total. The molecule has 0 spiro atoms. The summed E-state index contributed by atoms with van der Waals surface area (Å²) in [6, 6.07) is 12.2. The van der Waals surface area contributed by atoms with Gasteiger partial charge in [0.15, 0.2) is 0 Å². The van der Waals surface area contributed by atoms with Crippen LogP contribution in [0, 0.1) is 5.92 Å². The minimum absolute atomic E-state index is 0.202. The average Bonchev–Trinajstić information content (AvgIpc) is 3.15. The Morgan fingerprint density at radius 2 is 1.96 bits per heavy atom. The number of nitrogens with zero attached hydrogens (tertiary/aromatic N) is 1. The summed E-state index contributed by atoms with van der Waals surface area (Å²) in [6.07, 6.45) is 4.54. The van der Waals surface area contributed by atoms with Crippen molar-refractivity contribution in [2.75, 3.05) is 20.2 Å². The Labute approximate surface area is 141 Å². The number of carbonyl (C=O) groups excluding carboxylic acids is 1. The maximum atomic E-state index is 12.3. The van der Waals surface area contributed by atoms with Crippen molar-refractivity contribution >= 4 is 17.2 Å². The van der Waals surface area contributed by atoms with Crippen molar-refractivity contribution < 1.29 is 9.53 Å². The number of rotatable bonds is 5. The van der Waals surface area contributed by atoms with Crippen molar-refractivity contribution in [2.45, 2.75) is 25.7 Å². The third-order valence-corrected chi connectivity index (χ3v) is 5.49. The third kappa shape index (κ3) is 4.14. The number of ether oxygens (including phenoxy) is 1. The van der Waals surface area contributed by atoms with Gasteiger partial charge in [0.2, 0.25) is 0 Å². The van der Waals surface area contributed by atoms with E-state index in [4.69, 9.17) is 4.74 Å². The van der Waals surface area contributed by atoms with Gasteiger partial charge in [0.25, 0.3) is 5.91 Å². The zero-order valence-electron chi connectivity index (χ0n) is 13.5. The van der Waals surface area contributed by atoms with Crippen molar-refractivity contribution in [3.8, 4) is 5.75 Å². The van der Waals surface area contributed by atoms with Gasteiger partial charge in [-0.3, -0.25) is 4.79 Å². The monoisotopic (exact) mass is 329 g/mol. The number of carbonyl (C=O) groups is 1. The van der Waals surface area contributed by atoms with E-state index in [-0.39, 0.29) is 5.91 Å². The van der Waals surface area contributed by atoms with Crippen LogP contribution in [0.3, 0.4) is 0 Å². The third-order valence-electron chi connectivity index (χ3n) is 4.63. The van der Waals surface area contributed by atoms with Crippen LogP contribution in [-0.2, 0) is 6.42 Å². The van der Waals surface area contributed by atoms with Crippen LogP contribution in [0.4, 0.5) is 0 Å². The number of hydrogen-bond acceptors (Lipinski definition) is 3. The quantitative estimate of drug-likeness (QED) is 0.821. The summed E-state index contributed by atoms with van der Waals surface area (Å²) in [4.78, 5) is 15.2. The summed E-state index contributed by atoms with van der Waals surface area (Å²) >= 11 is 1.53. The predicted octanol–water partition coefficient (Wildman–Crippen LogP) is 4.24. The average molecular weight is 329 g/mol. The van der Waals surface area contributed by atoms with Crippen LogP contribution in [0.5, 0.6) is 5.75 Å². The second kappa shape index (κ2) is 7.64. The molecule has 1 aliphatic heterocycles. The van der Waals surface area contributed by atoms with Crippen LogP contribution in [-0.4, -0.2) is 31.0 Å². The molecule has 1 saturated heterocycles. The van der Waals surface area contributed by atoms with Crippen molar-refractivity contribution in [2.24, 2.45) is 5.92 Å². The summed E-state index contributed by atoms with van der Waals surface area (Å²) < 4.78 is 5.19. The van der Waals surface area contributed by atoms with E-state index >= 15 is 0 Å². The minimum atomic E-state index is 0.202. The van der Waals surface area contributed by atoms with E-state index in [2.05, 4.69) is 12.1 Å². The molecule has 0 radical (unpaired) electrons. The summed E-state index contributed by atoms with van der Waals surface area (Å²) in [5, 5.41) is 1.97. The summed E-state index contributed by atoms with van der Waals surface area (Å²) in [5.41, 5.74) is 1.36. The van der Waals surface area contributed by atoms with Gasteiger partial charge in [0, 0.05) is 13.1 Å². The molecule has 0 bridgehead atoms. The first-order valence-electron chi connectivity index (χ1n) is 8.22. The standard InChI is InChI=1S/C19H23NO2S/c1-22-17-8-6-15(7-9-17)4-5-16-10-12-20(13-11-16)19(21)18-3-2-14-23-18/h2-3,6-9,14,16H,4-5,10-13H2,1H3. The number of thiophene rings is 1. The number of likely N-dealkylation sites (tertiary alicyclic amines) is 1. The molecular formula is C19H23NO2S. The Bertz CT molecular complexity index is 613. The Morgan fingerprint density at radius 1 is 1.22 bits per heavy atom. The van der Waals surface area contributed by atoms with Crippen LogP contribution in [0.1, 0.15) is 34.5 Å². The number of benzene rings is 1. The zero-order valence-corrected chi connectivity index (χ0v) is 14.3. The molecule has 3 nitrogen and oxygen atoms in total. The largest absolute Gasteiger partial charge is 0.497 e. The highest BCUT2D eigenvalue weighted by Crippen LogP contribution is 2.25. The Kier molecular flexibility index (Phi) is 5.34.